The molecule has 1 aliphatic rings. The zero-order valence-electron chi connectivity index (χ0n) is 21.9. The fourth-order valence-electron chi connectivity index (χ4n) is 4.77. The number of hydrogen-bond acceptors (Lipinski definition) is 3. The summed E-state index contributed by atoms with van der Waals surface area (Å²) in [5, 5.41) is 0. The van der Waals surface area contributed by atoms with Crippen molar-refractivity contribution in [1.82, 2.24) is 0 Å². The van der Waals surface area contributed by atoms with E-state index in [1.54, 1.807) is 0 Å². The van der Waals surface area contributed by atoms with Crippen LogP contribution in [0.2, 0.25) is 0 Å². The summed E-state index contributed by atoms with van der Waals surface area (Å²) in [6.45, 7) is 15.4. The third-order valence-electron chi connectivity index (χ3n) is 7.00. The van der Waals surface area contributed by atoms with Crippen LogP contribution < -0.4 is 0 Å². The summed E-state index contributed by atoms with van der Waals surface area (Å²) in [7, 11) is 0. The Balaban J connectivity index is 2.66. The third-order valence-corrected chi connectivity index (χ3v) is 7.00. The van der Waals surface area contributed by atoms with E-state index in [-0.39, 0.29) is 39.7 Å². The summed E-state index contributed by atoms with van der Waals surface area (Å²) >= 11 is 0. The molecule has 2 atom stereocenters. The van der Waals surface area contributed by atoms with Crippen LogP contribution >= 0.6 is 0 Å². The molecule has 0 bridgehead atoms. The first kappa shape index (κ1) is 28.5. The lowest BCUT2D eigenvalue weighted by atomic mass is 9.70. The monoisotopic (exact) mass is 444 g/mol. The molecule has 0 saturated heterocycles. The Kier molecular flexibility index (Phi) is 11.8. The average molecular weight is 445 g/mol. The fraction of sp³-hybridized carbons (Fsp3) is 0.759. The van der Waals surface area contributed by atoms with Gasteiger partial charge in [-0.3, -0.25) is 14.4 Å². The highest BCUT2D eigenvalue weighted by atomic mass is 16.2. The van der Waals surface area contributed by atoms with Gasteiger partial charge in [-0.25, -0.2) is 0 Å². The van der Waals surface area contributed by atoms with E-state index >= 15 is 0 Å². The van der Waals surface area contributed by atoms with Crippen molar-refractivity contribution < 1.29 is 14.4 Å². The van der Waals surface area contributed by atoms with Gasteiger partial charge in [0.2, 0.25) is 0 Å². The van der Waals surface area contributed by atoms with Gasteiger partial charge in [0, 0.05) is 12.0 Å². The maximum Gasteiger partial charge on any atom is 0.189 e. The molecule has 0 spiro atoms. The quantitative estimate of drug-likeness (QED) is 0.156. The highest BCUT2D eigenvalue weighted by Crippen LogP contribution is 2.38. The van der Waals surface area contributed by atoms with Crippen molar-refractivity contribution in [2.75, 3.05) is 0 Å². The molecule has 1 aliphatic carbocycles. The van der Waals surface area contributed by atoms with Gasteiger partial charge in [0.25, 0.3) is 0 Å². The maximum absolute atomic E-state index is 13.2. The van der Waals surface area contributed by atoms with Crippen LogP contribution in [0.1, 0.15) is 119 Å². The molecule has 2 unspecified atom stereocenters. The normalized spacial score (nSPS) is 16.8. The maximum atomic E-state index is 13.2. The minimum atomic E-state index is -0.338. The van der Waals surface area contributed by atoms with Crippen molar-refractivity contribution in [3.05, 3.63) is 23.8 Å². The van der Waals surface area contributed by atoms with Gasteiger partial charge in [-0.15, -0.1) is 0 Å². The minimum Gasteiger partial charge on any atom is -0.294 e. The highest BCUT2D eigenvalue weighted by Gasteiger charge is 2.35. The molecule has 182 valence electrons. The van der Waals surface area contributed by atoms with Gasteiger partial charge < -0.3 is 0 Å². The Labute approximate surface area is 197 Å². The van der Waals surface area contributed by atoms with E-state index in [2.05, 4.69) is 48.5 Å². The van der Waals surface area contributed by atoms with Crippen molar-refractivity contribution in [3.8, 4) is 0 Å². The van der Waals surface area contributed by atoms with Gasteiger partial charge in [0.1, 0.15) is 0 Å². The van der Waals surface area contributed by atoms with Gasteiger partial charge in [-0.1, -0.05) is 99.8 Å². The lowest BCUT2D eigenvalue weighted by molar-refractivity contribution is -0.125. The highest BCUT2D eigenvalue weighted by molar-refractivity contribution is 6.31. The Morgan fingerprint density at radius 3 is 1.88 bits per heavy atom. The zero-order chi connectivity index (χ0) is 24.4. The van der Waals surface area contributed by atoms with Crippen LogP contribution in [0.4, 0.5) is 0 Å². The van der Waals surface area contributed by atoms with Crippen molar-refractivity contribution in [3.63, 3.8) is 0 Å². The molecule has 0 aromatic carbocycles. The number of rotatable bonds is 14. The molecule has 3 nitrogen and oxygen atoms in total. The standard InChI is InChI=1S/C29H48O3/c1-8-9-10-11-12-13-14-16-22(28(2,3)4)17-15-18-25(29(5,6)7)27(32)24-21-23(30)19-20-26(24)31/h19-22,25H,8-18H2,1-7H3. The lowest BCUT2D eigenvalue weighted by Crippen LogP contribution is -2.33. The van der Waals surface area contributed by atoms with Gasteiger partial charge in [-0.05, 0) is 48.2 Å². The van der Waals surface area contributed by atoms with Crippen LogP contribution in [0.3, 0.4) is 0 Å². The molecule has 1 rings (SSSR count). The average Bonchev–Trinajstić information content (AvgIpc) is 2.68. The summed E-state index contributed by atoms with van der Waals surface area (Å²) in [6, 6.07) is 0. The molecule has 0 N–H and O–H groups in total. The second kappa shape index (κ2) is 13.3. The topological polar surface area (TPSA) is 51.2 Å². The lowest BCUT2D eigenvalue weighted by Gasteiger charge is -2.33. The molecular weight excluding hydrogens is 396 g/mol. The summed E-state index contributed by atoms with van der Waals surface area (Å²) in [6.07, 6.45) is 17.1. The largest absolute Gasteiger partial charge is 0.294 e. The Hall–Kier alpha value is -1.51. The molecule has 0 aromatic rings. The third kappa shape index (κ3) is 9.96. The fourth-order valence-corrected chi connectivity index (χ4v) is 4.77. The molecule has 32 heavy (non-hydrogen) atoms. The van der Waals surface area contributed by atoms with Gasteiger partial charge in [-0.2, -0.15) is 0 Å². The van der Waals surface area contributed by atoms with Crippen molar-refractivity contribution in [1.29, 1.82) is 0 Å². The molecule has 0 fully saturated rings. The molecule has 0 amide bonds. The van der Waals surface area contributed by atoms with Gasteiger partial charge >= 0.3 is 0 Å². The van der Waals surface area contributed by atoms with Gasteiger partial charge in [0.05, 0.1) is 5.57 Å². The zero-order valence-corrected chi connectivity index (χ0v) is 21.9. The van der Waals surface area contributed by atoms with Crippen LogP contribution in [-0.4, -0.2) is 17.3 Å². The summed E-state index contributed by atoms with van der Waals surface area (Å²) < 4.78 is 0. The van der Waals surface area contributed by atoms with Crippen molar-refractivity contribution in [2.45, 2.75) is 119 Å². The van der Waals surface area contributed by atoms with E-state index in [4.69, 9.17) is 0 Å². The van der Waals surface area contributed by atoms with Crippen LogP contribution in [-0.2, 0) is 14.4 Å². The number of unbranched alkanes of at least 4 members (excludes halogenated alkanes) is 6. The number of ketones is 3. The Bertz CT molecular complexity index is 682. The van der Waals surface area contributed by atoms with Crippen molar-refractivity contribution >= 4 is 17.3 Å². The number of carbonyl (C=O) groups excluding carboxylic acids is 3. The van der Waals surface area contributed by atoms with E-state index in [0.717, 1.165) is 19.3 Å². The Morgan fingerprint density at radius 1 is 0.750 bits per heavy atom. The summed E-state index contributed by atoms with van der Waals surface area (Å²) in [5.74, 6) is -0.400. The van der Waals surface area contributed by atoms with Crippen LogP contribution in [0.25, 0.3) is 0 Å². The van der Waals surface area contributed by atoms with E-state index in [9.17, 15) is 14.4 Å². The predicted octanol–water partition coefficient (Wildman–Crippen LogP) is 7.83. The molecule has 3 heteroatoms. The van der Waals surface area contributed by atoms with E-state index in [1.807, 2.05) is 0 Å². The number of Topliss-reactive ketones (excluding diaryl/α,β-unsaturated/α-hetero) is 1. The second-order valence-corrected chi connectivity index (χ2v) is 11.8. The number of hydrogen-bond donors (Lipinski definition) is 0. The van der Waals surface area contributed by atoms with Crippen LogP contribution in [0, 0.1) is 22.7 Å². The Morgan fingerprint density at radius 2 is 1.31 bits per heavy atom. The molecule has 0 saturated carbocycles. The smallest absolute Gasteiger partial charge is 0.189 e. The molecule has 0 radical (unpaired) electrons. The summed E-state index contributed by atoms with van der Waals surface area (Å²) in [4.78, 5) is 37.2. The first-order chi connectivity index (χ1) is 14.9. The first-order valence-electron chi connectivity index (χ1n) is 12.9. The second-order valence-electron chi connectivity index (χ2n) is 11.8. The van der Waals surface area contributed by atoms with Crippen LogP contribution in [0.5, 0.6) is 0 Å². The van der Waals surface area contributed by atoms with E-state index < -0.39 is 0 Å². The van der Waals surface area contributed by atoms with E-state index in [0.29, 0.717) is 5.92 Å². The summed E-state index contributed by atoms with van der Waals surface area (Å²) in [5.41, 5.74) is 0.0635. The molecular formula is C29H48O3. The molecule has 0 heterocycles. The van der Waals surface area contributed by atoms with Gasteiger partial charge in [0.15, 0.2) is 17.3 Å². The SMILES string of the molecule is CCCCCCCCCC(CCCC(C(=O)C1=CC(=O)C=CC1=O)C(C)(C)C)C(C)(C)C. The minimum absolute atomic E-state index is 0.0628. The van der Waals surface area contributed by atoms with E-state index in [1.165, 1.54) is 69.6 Å². The molecule has 0 aromatic heterocycles. The molecule has 0 aliphatic heterocycles. The van der Waals surface area contributed by atoms with Crippen molar-refractivity contribution in [2.24, 2.45) is 22.7 Å². The predicted molar refractivity (Wildman–Crippen MR) is 135 cm³/mol. The number of allylic oxidation sites excluding steroid dienone is 4. The van der Waals surface area contributed by atoms with Crippen LogP contribution in [0.15, 0.2) is 23.8 Å². The number of carbonyl (C=O) groups is 3. The first-order valence-corrected chi connectivity index (χ1v) is 12.9.